The molecule has 1 aliphatic rings. The van der Waals surface area contributed by atoms with E-state index in [1.807, 2.05) is 0 Å². The summed E-state index contributed by atoms with van der Waals surface area (Å²) in [6.07, 6.45) is 4.78. The van der Waals surface area contributed by atoms with Crippen LogP contribution >= 0.6 is 0 Å². The average molecular weight is 274 g/mol. The Morgan fingerprint density at radius 1 is 1.15 bits per heavy atom. The van der Waals surface area contributed by atoms with Crippen LogP contribution in [-0.4, -0.2) is 11.1 Å². The molecular formula is C18H26O2. The molecule has 2 nitrogen and oxygen atoms in total. The lowest BCUT2D eigenvalue weighted by Gasteiger charge is -2.35. The highest BCUT2D eigenvalue weighted by Gasteiger charge is 2.42. The van der Waals surface area contributed by atoms with Gasteiger partial charge in [-0.3, -0.25) is 4.79 Å². The standard InChI is InChI=1S/C18H26O2/c1-12(2)15-10-13(3)14(4)16(11-15)18(17(19)20)8-6-5-7-9-18/h10-12H,5-9H2,1-4H3,(H,19,20). The maximum absolute atomic E-state index is 12.0. The van der Waals surface area contributed by atoms with Gasteiger partial charge in [0.1, 0.15) is 0 Å². The summed E-state index contributed by atoms with van der Waals surface area (Å²) < 4.78 is 0. The predicted octanol–water partition coefficient (Wildman–Crippen LogP) is 4.71. The molecule has 1 saturated carbocycles. The van der Waals surface area contributed by atoms with Crippen LogP contribution < -0.4 is 0 Å². The van der Waals surface area contributed by atoms with Crippen LogP contribution in [0.25, 0.3) is 0 Å². The Balaban J connectivity index is 2.61. The van der Waals surface area contributed by atoms with Crippen molar-refractivity contribution in [2.75, 3.05) is 0 Å². The molecule has 0 aromatic heterocycles. The molecule has 1 aliphatic carbocycles. The fourth-order valence-electron chi connectivity index (χ4n) is 3.47. The first kappa shape index (κ1) is 15.1. The lowest BCUT2D eigenvalue weighted by Crippen LogP contribution is -2.38. The van der Waals surface area contributed by atoms with Crippen molar-refractivity contribution in [3.05, 3.63) is 34.4 Å². The molecule has 0 amide bonds. The van der Waals surface area contributed by atoms with Gasteiger partial charge in [-0.1, -0.05) is 45.2 Å². The Bertz CT molecular complexity index is 508. The summed E-state index contributed by atoms with van der Waals surface area (Å²) in [6.45, 7) is 8.52. The van der Waals surface area contributed by atoms with Gasteiger partial charge in [0, 0.05) is 0 Å². The Labute approximate surface area is 122 Å². The first-order chi connectivity index (χ1) is 9.38. The molecule has 0 radical (unpaired) electrons. The molecule has 110 valence electrons. The molecule has 0 heterocycles. The summed E-state index contributed by atoms with van der Waals surface area (Å²) in [7, 11) is 0. The molecule has 0 saturated heterocycles. The van der Waals surface area contributed by atoms with Crippen molar-refractivity contribution in [3.8, 4) is 0 Å². The summed E-state index contributed by atoms with van der Waals surface area (Å²) in [4.78, 5) is 12.0. The monoisotopic (exact) mass is 274 g/mol. The first-order valence-electron chi connectivity index (χ1n) is 7.73. The number of carbonyl (C=O) groups is 1. The molecular weight excluding hydrogens is 248 g/mol. The van der Waals surface area contributed by atoms with Crippen LogP contribution in [0.5, 0.6) is 0 Å². The number of carboxylic acid groups (broad SMARTS) is 1. The zero-order valence-corrected chi connectivity index (χ0v) is 13.1. The number of benzene rings is 1. The van der Waals surface area contributed by atoms with Gasteiger partial charge in [0.05, 0.1) is 5.41 Å². The van der Waals surface area contributed by atoms with Gasteiger partial charge in [-0.05, 0) is 54.9 Å². The van der Waals surface area contributed by atoms with Gasteiger partial charge in [0.2, 0.25) is 0 Å². The van der Waals surface area contributed by atoms with Crippen LogP contribution in [0.4, 0.5) is 0 Å². The third kappa shape index (κ3) is 2.48. The quantitative estimate of drug-likeness (QED) is 0.866. The van der Waals surface area contributed by atoms with E-state index < -0.39 is 11.4 Å². The third-order valence-corrected chi connectivity index (χ3v) is 4.99. The van der Waals surface area contributed by atoms with E-state index in [0.29, 0.717) is 5.92 Å². The summed E-state index contributed by atoms with van der Waals surface area (Å²) in [5.74, 6) is -0.205. The minimum absolute atomic E-state index is 0.433. The molecule has 0 unspecified atom stereocenters. The molecule has 2 heteroatoms. The maximum Gasteiger partial charge on any atom is 0.314 e. The Hall–Kier alpha value is -1.31. The van der Waals surface area contributed by atoms with Crippen molar-refractivity contribution in [1.82, 2.24) is 0 Å². The molecule has 2 rings (SSSR count). The summed E-state index contributed by atoms with van der Waals surface area (Å²) in [5.41, 5.74) is 4.05. The molecule has 0 aliphatic heterocycles. The highest BCUT2D eigenvalue weighted by Crippen LogP contribution is 2.42. The van der Waals surface area contributed by atoms with Crippen molar-refractivity contribution >= 4 is 5.97 Å². The van der Waals surface area contributed by atoms with Crippen molar-refractivity contribution in [2.45, 2.75) is 71.1 Å². The van der Waals surface area contributed by atoms with Gasteiger partial charge in [0.15, 0.2) is 0 Å². The summed E-state index contributed by atoms with van der Waals surface area (Å²) in [5, 5.41) is 9.89. The number of hydrogen-bond donors (Lipinski definition) is 1. The highest BCUT2D eigenvalue weighted by molar-refractivity contribution is 5.82. The number of carboxylic acids is 1. The minimum Gasteiger partial charge on any atom is -0.481 e. The van der Waals surface area contributed by atoms with E-state index in [1.165, 1.54) is 16.7 Å². The fourth-order valence-corrected chi connectivity index (χ4v) is 3.47. The molecule has 1 aromatic carbocycles. The second-order valence-electron chi connectivity index (χ2n) is 6.61. The lowest BCUT2D eigenvalue weighted by molar-refractivity contribution is -0.145. The van der Waals surface area contributed by atoms with Gasteiger partial charge >= 0.3 is 5.97 Å². The van der Waals surface area contributed by atoms with Crippen LogP contribution in [0.2, 0.25) is 0 Å². The molecule has 20 heavy (non-hydrogen) atoms. The van der Waals surface area contributed by atoms with E-state index in [1.54, 1.807) is 0 Å². The second-order valence-corrected chi connectivity index (χ2v) is 6.61. The maximum atomic E-state index is 12.0. The predicted molar refractivity (Wildman–Crippen MR) is 82.4 cm³/mol. The third-order valence-electron chi connectivity index (χ3n) is 4.99. The zero-order chi connectivity index (χ0) is 14.9. The normalized spacial score (nSPS) is 18.2. The number of aliphatic carboxylic acids is 1. The number of rotatable bonds is 3. The first-order valence-corrected chi connectivity index (χ1v) is 7.73. The van der Waals surface area contributed by atoms with E-state index in [4.69, 9.17) is 0 Å². The van der Waals surface area contributed by atoms with Gasteiger partial charge in [0.25, 0.3) is 0 Å². The van der Waals surface area contributed by atoms with Crippen LogP contribution in [0, 0.1) is 13.8 Å². The van der Waals surface area contributed by atoms with E-state index in [9.17, 15) is 9.90 Å². The Morgan fingerprint density at radius 3 is 2.25 bits per heavy atom. The van der Waals surface area contributed by atoms with Crippen LogP contribution in [0.1, 0.15) is 74.1 Å². The van der Waals surface area contributed by atoms with E-state index >= 15 is 0 Å². The Morgan fingerprint density at radius 2 is 1.75 bits per heavy atom. The molecule has 1 fully saturated rings. The summed E-state index contributed by atoms with van der Waals surface area (Å²) in [6, 6.07) is 4.37. The number of hydrogen-bond acceptors (Lipinski definition) is 1. The van der Waals surface area contributed by atoms with Crippen molar-refractivity contribution < 1.29 is 9.90 Å². The van der Waals surface area contributed by atoms with Gasteiger partial charge in [-0.25, -0.2) is 0 Å². The largest absolute Gasteiger partial charge is 0.481 e. The van der Waals surface area contributed by atoms with Gasteiger partial charge in [-0.2, -0.15) is 0 Å². The van der Waals surface area contributed by atoms with E-state index in [-0.39, 0.29) is 0 Å². The van der Waals surface area contributed by atoms with Crippen molar-refractivity contribution in [2.24, 2.45) is 0 Å². The number of aryl methyl sites for hydroxylation is 1. The van der Waals surface area contributed by atoms with Crippen molar-refractivity contribution in [1.29, 1.82) is 0 Å². The van der Waals surface area contributed by atoms with E-state index in [2.05, 4.69) is 39.8 Å². The lowest BCUT2D eigenvalue weighted by atomic mass is 9.67. The molecule has 1 aromatic rings. The highest BCUT2D eigenvalue weighted by atomic mass is 16.4. The van der Waals surface area contributed by atoms with Crippen LogP contribution in [0.15, 0.2) is 12.1 Å². The molecule has 1 N–H and O–H groups in total. The SMILES string of the molecule is Cc1cc(C(C)C)cc(C2(C(=O)O)CCCCC2)c1C. The molecule has 0 spiro atoms. The molecule has 0 bridgehead atoms. The second kappa shape index (κ2) is 5.59. The van der Waals surface area contributed by atoms with Crippen LogP contribution in [-0.2, 0) is 10.2 Å². The zero-order valence-electron chi connectivity index (χ0n) is 13.1. The Kier molecular flexibility index (Phi) is 4.22. The van der Waals surface area contributed by atoms with Crippen molar-refractivity contribution in [3.63, 3.8) is 0 Å². The molecule has 0 atom stereocenters. The van der Waals surface area contributed by atoms with Crippen LogP contribution in [0.3, 0.4) is 0 Å². The minimum atomic E-state index is -0.655. The summed E-state index contributed by atoms with van der Waals surface area (Å²) >= 11 is 0. The van der Waals surface area contributed by atoms with E-state index in [0.717, 1.165) is 37.7 Å². The topological polar surface area (TPSA) is 37.3 Å². The smallest absolute Gasteiger partial charge is 0.314 e. The van der Waals surface area contributed by atoms with Gasteiger partial charge in [-0.15, -0.1) is 0 Å². The fraction of sp³-hybridized carbons (Fsp3) is 0.611. The van der Waals surface area contributed by atoms with Gasteiger partial charge < -0.3 is 5.11 Å². The average Bonchev–Trinajstić information content (AvgIpc) is 2.42.